The lowest BCUT2D eigenvalue weighted by Crippen LogP contribution is -2.47. The summed E-state index contributed by atoms with van der Waals surface area (Å²) in [4.78, 5) is 25.4. The van der Waals surface area contributed by atoms with Crippen LogP contribution in [0.15, 0.2) is 60.7 Å². The summed E-state index contributed by atoms with van der Waals surface area (Å²) in [5, 5.41) is 11.2. The molecule has 6 nitrogen and oxygen atoms in total. The van der Waals surface area contributed by atoms with Crippen molar-refractivity contribution in [3.63, 3.8) is 0 Å². The number of nitrogens with one attached hydrogen (secondary N) is 1. The average molecular weight is 384 g/mol. The quantitative estimate of drug-likeness (QED) is 0.694. The lowest BCUT2D eigenvalue weighted by atomic mass is 9.77. The summed E-state index contributed by atoms with van der Waals surface area (Å²) in [6.07, 6.45) is -0.263. The molecule has 0 aliphatic heterocycles. The second kappa shape index (κ2) is 9.90. The molecule has 0 bridgehead atoms. The second-order valence-corrected chi connectivity index (χ2v) is 7.22. The van der Waals surface area contributed by atoms with Crippen LogP contribution in [0.2, 0.25) is 0 Å². The molecule has 1 unspecified atom stereocenters. The largest absolute Gasteiger partial charge is 0.480 e. The molecule has 28 heavy (non-hydrogen) atoms. The third kappa shape index (κ3) is 5.82. The predicted octanol–water partition coefficient (Wildman–Crippen LogP) is 3.13. The molecule has 0 aromatic heterocycles. The SMILES string of the molecule is CC(CN(C)C)[C@](Cc1ccccc1)(OC(=O)NCC(=O)O)c1ccccc1. The van der Waals surface area contributed by atoms with E-state index in [-0.39, 0.29) is 5.92 Å². The Kier molecular flexibility index (Phi) is 7.58. The number of alkyl carbamates (subject to hydrolysis) is 1. The van der Waals surface area contributed by atoms with Gasteiger partial charge >= 0.3 is 12.1 Å². The number of amides is 1. The summed E-state index contributed by atoms with van der Waals surface area (Å²) in [6, 6.07) is 19.5. The van der Waals surface area contributed by atoms with Gasteiger partial charge in [-0.25, -0.2) is 4.79 Å². The van der Waals surface area contributed by atoms with E-state index in [1.165, 1.54) is 0 Å². The van der Waals surface area contributed by atoms with Gasteiger partial charge in [-0.15, -0.1) is 0 Å². The molecule has 2 atom stereocenters. The minimum Gasteiger partial charge on any atom is -0.480 e. The molecule has 2 rings (SSSR count). The van der Waals surface area contributed by atoms with Crippen molar-refractivity contribution >= 4 is 12.1 Å². The van der Waals surface area contributed by atoms with Gasteiger partial charge in [0.15, 0.2) is 0 Å². The van der Waals surface area contributed by atoms with Crippen molar-refractivity contribution in [3.05, 3.63) is 71.8 Å². The lowest BCUT2D eigenvalue weighted by Gasteiger charge is -2.40. The molecule has 0 saturated carbocycles. The fourth-order valence-corrected chi connectivity index (χ4v) is 3.42. The fourth-order valence-electron chi connectivity index (χ4n) is 3.42. The van der Waals surface area contributed by atoms with Gasteiger partial charge in [0.25, 0.3) is 0 Å². The summed E-state index contributed by atoms with van der Waals surface area (Å²) in [6.45, 7) is 2.24. The molecule has 0 aliphatic carbocycles. The van der Waals surface area contributed by atoms with Crippen molar-refractivity contribution in [3.8, 4) is 0 Å². The van der Waals surface area contributed by atoms with Crippen LogP contribution in [0.4, 0.5) is 4.79 Å². The molecular weight excluding hydrogens is 356 g/mol. The van der Waals surface area contributed by atoms with Gasteiger partial charge < -0.3 is 20.1 Å². The number of carboxylic acid groups (broad SMARTS) is 1. The van der Waals surface area contributed by atoms with Crippen LogP contribution in [0.25, 0.3) is 0 Å². The van der Waals surface area contributed by atoms with Gasteiger partial charge in [0.05, 0.1) is 0 Å². The van der Waals surface area contributed by atoms with Crippen molar-refractivity contribution in [1.82, 2.24) is 10.2 Å². The molecule has 2 aromatic carbocycles. The van der Waals surface area contributed by atoms with Crippen molar-refractivity contribution in [1.29, 1.82) is 0 Å². The highest BCUT2D eigenvalue weighted by Crippen LogP contribution is 2.38. The molecule has 0 spiro atoms. The Balaban J connectivity index is 2.47. The molecule has 2 aromatic rings. The number of benzene rings is 2. The van der Waals surface area contributed by atoms with Crippen molar-refractivity contribution in [2.24, 2.45) is 5.92 Å². The number of nitrogens with zero attached hydrogens (tertiary/aromatic N) is 1. The number of hydrogen-bond acceptors (Lipinski definition) is 4. The zero-order valence-electron chi connectivity index (χ0n) is 16.6. The highest BCUT2D eigenvalue weighted by Gasteiger charge is 2.42. The molecule has 6 heteroatoms. The molecule has 0 radical (unpaired) electrons. The third-order valence-corrected chi connectivity index (χ3v) is 4.67. The molecule has 0 saturated heterocycles. The van der Waals surface area contributed by atoms with Crippen LogP contribution in [0, 0.1) is 5.92 Å². The zero-order chi connectivity index (χ0) is 20.6. The monoisotopic (exact) mass is 384 g/mol. The Labute approximate surface area is 166 Å². The van der Waals surface area contributed by atoms with E-state index < -0.39 is 24.2 Å². The standard InChI is InChI=1S/C22H28N2O4/c1-17(16-24(2)3)22(19-12-8-5-9-13-19,14-18-10-6-4-7-11-18)28-21(27)23-15-20(25)26/h4-13,17H,14-16H2,1-3H3,(H,23,27)(H,25,26)/t17?,22-/m0/s1. The third-order valence-electron chi connectivity index (χ3n) is 4.67. The predicted molar refractivity (Wildman–Crippen MR) is 108 cm³/mol. The molecule has 2 N–H and O–H groups in total. The van der Waals surface area contributed by atoms with Crippen molar-refractivity contribution in [2.45, 2.75) is 18.9 Å². The maximum atomic E-state index is 12.5. The number of ether oxygens (including phenoxy) is 1. The molecule has 0 fully saturated rings. The van der Waals surface area contributed by atoms with Gasteiger partial charge in [-0.2, -0.15) is 0 Å². The number of hydrogen-bond donors (Lipinski definition) is 2. The molecule has 0 heterocycles. The number of carbonyl (C=O) groups is 2. The van der Waals surface area contributed by atoms with E-state index in [2.05, 4.69) is 5.32 Å². The van der Waals surface area contributed by atoms with Crippen LogP contribution in [0.5, 0.6) is 0 Å². The summed E-state index contributed by atoms with van der Waals surface area (Å²) >= 11 is 0. The highest BCUT2D eigenvalue weighted by molar-refractivity contribution is 5.76. The number of aliphatic carboxylic acids is 1. The summed E-state index contributed by atoms with van der Waals surface area (Å²) in [5.41, 5.74) is 0.955. The van der Waals surface area contributed by atoms with E-state index in [1.54, 1.807) is 0 Å². The van der Waals surface area contributed by atoms with Gasteiger partial charge in [0, 0.05) is 18.9 Å². The van der Waals surface area contributed by atoms with E-state index >= 15 is 0 Å². The van der Waals surface area contributed by atoms with E-state index in [0.29, 0.717) is 13.0 Å². The maximum absolute atomic E-state index is 12.5. The van der Waals surface area contributed by atoms with Crippen molar-refractivity contribution in [2.75, 3.05) is 27.2 Å². The Morgan fingerprint density at radius 1 is 1.07 bits per heavy atom. The second-order valence-electron chi connectivity index (χ2n) is 7.22. The molecule has 150 valence electrons. The van der Waals surface area contributed by atoms with Crippen LogP contribution in [0.1, 0.15) is 18.1 Å². The topological polar surface area (TPSA) is 78.9 Å². The van der Waals surface area contributed by atoms with Crippen LogP contribution < -0.4 is 5.32 Å². The first-order valence-electron chi connectivity index (χ1n) is 9.26. The first-order chi connectivity index (χ1) is 13.3. The smallest absolute Gasteiger partial charge is 0.408 e. The Morgan fingerprint density at radius 2 is 1.64 bits per heavy atom. The average Bonchev–Trinajstić information content (AvgIpc) is 2.66. The van der Waals surface area contributed by atoms with Crippen LogP contribution in [-0.2, 0) is 21.6 Å². The molecule has 0 aliphatic rings. The number of carbonyl (C=O) groups excluding carboxylic acids is 1. The van der Waals surface area contributed by atoms with E-state index in [4.69, 9.17) is 9.84 Å². The van der Waals surface area contributed by atoms with Gasteiger partial charge in [0.1, 0.15) is 12.1 Å². The summed E-state index contributed by atoms with van der Waals surface area (Å²) in [5.74, 6) is -1.17. The van der Waals surface area contributed by atoms with Crippen molar-refractivity contribution < 1.29 is 19.4 Å². The Bertz CT molecular complexity index is 765. The highest BCUT2D eigenvalue weighted by atomic mass is 16.6. The first kappa shape index (κ1) is 21.4. The molecule has 1 amide bonds. The minimum atomic E-state index is -1.12. The lowest BCUT2D eigenvalue weighted by molar-refractivity contribution is -0.136. The summed E-state index contributed by atoms with van der Waals surface area (Å²) in [7, 11) is 3.94. The fraction of sp³-hybridized carbons (Fsp3) is 0.364. The normalized spacial score (nSPS) is 14.1. The number of rotatable bonds is 9. The maximum Gasteiger partial charge on any atom is 0.408 e. The van der Waals surface area contributed by atoms with Gasteiger partial charge in [-0.3, -0.25) is 4.79 Å². The zero-order valence-corrected chi connectivity index (χ0v) is 16.6. The Hall–Kier alpha value is -2.86. The van der Waals surface area contributed by atoms with Crippen LogP contribution in [0.3, 0.4) is 0 Å². The first-order valence-corrected chi connectivity index (χ1v) is 9.26. The van der Waals surface area contributed by atoms with E-state index in [0.717, 1.165) is 11.1 Å². The Morgan fingerprint density at radius 3 is 2.18 bits per heavy atom. The van der Waals surface area contributed by atoms with Gasteiger partial charge in [-0.1, -0.05) is 67.6 Å². The van der Waals surface area contributed by atoms with Gasteiger partial charge in [0.2, 0.25) is 0 Å². The van der Waals surface area contributed by atoms with E-state index in [9.17, 15) is 9.59 Å². The minimum absolute atomic E-state index is 0.0549. The molecular formula is C22H28N2O4. The summed E-state index contributed by atoms with van der Waals surface area (Å²) < 4.78 is 6.00. The van der Waals surface area contributed by atoms with Crippen LogP contribution in [-0.4, -0.2) is 49.3 Å². The van der Waals surface area contributed by atoms with Gasteiger partial charge in [-0.05, 0) is 25.2 Å². The van der Waals surface area contributed by atoms with E-state index in [1.807, 2.05) is 86.6 Å². The number of carboxylic acids is 1. The van der Waals surface area contributed by atoms with Crippen LogP contribution >= 0.6 is 0 Å².